The van der Waals surface area contributed by atoms with Gasteiger partial charge in [0.1, 0.15) is 29.5 Å². The van der Waals surface area contributed by atoms with E-state index in [9.17, 15) is 9.50 Å². The fourth-order valence-electron chi connectivity index (χ4n) is 2.94. The minimum absolute atomic E-state index is 0.112. The highest BCUT2D eigenvalue weighted by Gasteiger charge is 2.43. The van der Waals surface area contributed by atoms with Crippen LogP contribution in [0, 0.1) is 5.82 Å². The fourth-order valence-corrected chi connectivity index (χ4v) is 4.14. The predicted molar refractivity (Wildman–Crippen MR) is 98.9 cm³/mol. The Kier molecular flexibility index (Phi) is 7.24. The lowest BCUT2D eigenvalue weighted by atomic mass is 10.2. The van der Waals surface area contributed by atoms with Gasteiger partial charge in [-0.25, -0.2) is 4.39 Å². The molecule has 1 aromatic carbocycles. The molecule has 2 aliphatic rings. The van der Waals surface area contributed by atoms with Gasteiger partial charge in [0.05, 0.1) is 26.4 Å². The van der Waals surface area contributed by atoms with Crippen LogP contribution in [-0.2, 0) is 24.7 Å². The number of rotatable bonds is 7. The monoisotopic (exact) mass is 420 g/mol. The summed E-state index contributed by atoms with van der Waals surface area (Å²) in [7, 11) is 0. The number of benzene rings is 1. The van der Waals surface area contributed by atoms with Gasteiger partial charge in [-0.2, -0.15) is 0 Å². The summed E-state index contributed by atoms with van der Waals surface area (Å²) in [5.74, 6) is 0.0423. The SMILES string of the molecule is CCOC1=CC2(CCOC1SCc1cc(F)ccc1OCl)OCC(CO)O2. The lowest BCUT2D eigenvalue weighted by Crippen LogP contribution is -2.30. The number of aliphatic hydroxyl groups excluding tert-OH is 1. The highest BCUT2D eigenvalue weighted by atomic mass is 35.5. The van der Waals surface area contributed by atoms with Crippen LogP contribution in [0.25, 0.3) is 0 Å². The molecule has 3 atom stereocenters. The van der Waals surface area contributed by atoms with E-state index in [0.29, 0.717) is 49.1 Å². The summed E-state index contributed by atoms with van der Waals surface area (Å²) in [5, 5.41) is 9.31. The number of ether oxygens (including phenoxy) is 4. The van der Waals surface area contributed by atoms with Crippen molar-refractivity contribution in [2.24, 2.45) is 0 Å². The zero-order valence-corrected chi connectivity index (χ0v) is 16.4. The maximum Gasteiger partial charge on any atom is 0.194 e. The third-order valence-corrected chi connectivity index (χ3v) is 5.52. The Labute approximate surface area is 166 Å². The summed E-state index contributed by atoms with van der Waals surface area (Å²) in [6.07, 6.45) is 1.89. The van der Waals surface area contributed by atoms with E-state index < -0.39 is 11.2 Å². The first-order valence-corrected chi connectivity index (χ1v) is 10.0. The molecule has 0 aliphatic carbocycles. The molecule has 27 heavy (non-hydrogen) atoms. The molecule has 3 unspecified atom stereocenters. The van der Waals surface area contributed by atoms with E-state index in [-0.39, 0.29) is 18.5 Å². The van der Waals surface area contributed by atoms with E-state index in [1.807, 2.05) is 6.92 Å². The Morgan fingerprint density at radius 1 is 1.44 bits per heavy atom. The average Bonchev–Trinajstić information content (AvgIpc) is 2.99. The lowest BCUT2D eigenvalue weighted by Gasteiger charge is -2.23. The Morgan fingerprint density at radius 2 is 2.30 bits per heavy atom. The molecule has 1 aromatic rings. The summed E-state index contributed by atoms with van der Waals surface area (Å²) in [6.45, 7) is 2.90. The molecule has 2 heterocycles. The van der Waals surface area contributed by atoms with Gasteiger partial charge < -0.3 is 28.3 Å². The highest BCUT2D eigenvalue weighted by molar-refractivity contribution is 7.99. The first-order valence-electron chi connectivity index (χ1n) is 8.67. The van der Waals surface area contributed by atoms with Crippen LogP contribution in [0.1, 0.15) is 18.9 Å². The van der Waals surface area contributed by atoms with Gasteiger partial charge in [0.15, 0.2) is 17.0 Å². The van der Waals surface area contributed by atoms with Crippen molar-refractivity contribution >= 4 is 23.6 Å². The molecule has 1 fully saturated rings. The molecule has 1 saturated heterocycles. The summed E-state index contributed by atoms with van der Waals surface area (Å²) in [4.78, 5) is 0. The van der Waals surface area contributed by atoms with Gasteiger partial charge in [0, 0.05) is 23.8 Å². The number of aliphatic hydroxyl groups is 1. The largest absolute Gasteiger partial charge is 0.495 e. The van der Waals surface area contributed by atoms with Crippen molar-refractivity contribution in [2.45, 2.75) is 36.4 Å². The van der Waals surface area contributed by atoms with Crippen LogP contribution < -0.4 is 4.29 Å². The van der Waals surface area contributed by atoms with Crippen molar-refractivity contribution < 1.29 is 32.7 Å². The van der Waals surface area contributed by atoms with Gasteiger partial charge in [0.25, 0.3) is 0 Å². The second-order valence-corrected chi connectivity index (χ2v) is 7.32. The van der Waals surface area contributed by atoms with E-state index in [1.54, 1.807) is 6.08 Å². The molecule has 3 rings (SSSR count). The smallest absolute Gasteiger partial charge is 0.194 e. The van der Waals surface area contributed by atoms with E-state index in [4.69, 9.17) is 35.1 Å². The van der Waals surface area contributed by atoms with E-state index in [2.05, 4.69) is 0 Å². The Bertz CT molecular complexity index is 675. The summed E-state index contributed by atoms with van der Waals surface area (Å²) in [6, 6.07) is 4.15. The van der Waals surface area contributed by atoms with E-state index in [0.717, 1.165) is 0 Å². The number of hydrogen-bond acceptors (Lipinski definition) is 7. The number of hydrogen-bond donors (Lipinski definition) is 1. The molecule has 9 heteroatoms. The van der Waals surface area contributed by atoms with Crippen molar-refractivity contribution in [3.05, 3.63) is 41.4 Å². The minimum atomic E-state index is -0.962. The summed E-state index contributed by atoms with van der Waals surface area (Å²) < 4.78 is 41.7. The first kappa shape index (κ1) is 20.7. The molecular weight excluding hydrogens is 399 g/mol. The molecule has 0 radical (unpaired) electrons. The van der Waals surface area contributed by atoms with Crippen LogP contribution in [-0.4, -0.2) is 48.9 Å². The van der Waals surface area contributed by atoms with Gasteiger partial charge in [-0.1, -0.05) is 0 Å². The predicted octanol–water partition coefficient (Wildman–Crippen LogP) is 3.36. The molecule has 1 spiro atoms. The van der Waals surface area contributed by atoms with Crippen LogP contribution >= 0.6 is 23.6 Å². The van der Waals surface area contributed by atoms with Crippen LogP contribution in [0.2, 0.25) is 0 Å². The average molecular weight is 421 g/mol. The third kappa shape index (κ3) is 5.07. The molecule has 6 nitrogen and oxygen atoms in total. The quantitative estimate of drug-likeness (QED) is 0.725. The number of halogens is 2. The minimum Gasteiger partial charge on any atom is -0.495 e. The van der Waals surface area contributed by atoms with Gasteiger partial charge in [-0.05, 0) is 25.1 Å². The zero-order valence-electron chi connectivity index (χ0n) is 14.9. The standard InChI is InChI=1S/C18H22ClFO6S/c1-2-22-16-8-18(24-10-14(9-21)25-18)5-6-23-17(16)27-11-12-7-13(20)3-4-15(12)26-19/h3-4,7-8,14,17,21H,2,5-6,9-11H2,1H3. The molecule has 150 valence electrons. The van der Waals surface area contributed by atoms with E-state index >= 15 is 0 Å². The molecule has 0 bridgehead atoms. The molecule has 0 aromatic heterocycles. The second kappa shape index (κ2) is 9.45. The van der Waals surface area contributed by atoms with Crippen LogP contribution in [0.5, 0.6) is 5.75 Å². The van der Waals surface area contributed by atoms with Gasteiger partial charge in [0.2, 0.25) is 0 Å². The molecule has 0 saturated carbocycles. The van der Waals surface area contributed by atoms with Crippen LogP contribution in [0.3, 0.4) is 0 Å². The molecule has 1 N–H and O–H groups in total. The van der Waals surface area contributed by atoms with Gasteiger partial charge in [-0.15, -0.1) is 11.8 Å². The summed E-state index contributed by atoms with van der Waals surface area (Å²) >= 11 is 6.88. The first-order chi connectivity index (χ1) is 13.1. The van der Waals surface area contributed by atoms with Crippen molar-refractivity contribution in [2.75, 3.05) is 26.4 Å². The van der Waals surface area contributed by atoms with Crippen molar-refractivity contribution in [1.82, 2.24) is 0 Å². The Morgan fingerprint density at radius 3 is 3.00 bits per heavy atom. The molecule has 0 amide bonds. The Hall–Kier alpha value is -1.03. The van der Waals surface area contributed by atoms with Crippen LogP contribution in [0.15, 0.2) is 30.0 Å². The third-order valence-electron chi connectivity index (χ3n) is 4.20. The summed E-state index contributed by atoms with van der Waals surface area (Å²) in [5.41, 5.74) is 0.193. The maximum atomic E-state index is 13.6. The van der Waals surface area contributed by atoms with Gasteiger partial charge >= 0.3 is 0 Å². The fraction of sp³-hybridized carbons (Fsp3) is 0.556. The normalized spacial score (nSPS) is 28.1. The Balaban J connectivity index is 1.75. The lowest BCUT2D eigenvalue weighted by molar-refractivity contribution is -0.143. The van der Waals surface area contributed by atoms with Crippen molar-refractivity contribution in [3.63, 3.8) is 0 Å². The van der Waals surface area contributed by atoms with Crippen molar-refractivity contribution in [3.8, 4) is 5.75 Å². The second-order valence-electron chi connectivity index (χ2n) is 6.12. The topological polar surface area (TPSA) is 66.4 Å². The zero-order chi connectivity index (χ0) is 19.3. The van der Waals surface area contributed by atoms with Crippen molar-refractivity contribution in [1.29, 1.82) is 0 Å². The maximum absolute atomic E-state index is 13.6. The van der Waals surface area contributed by atoms with Gasteiger partial charge in [-0.3, -0.25) is 0 Å². The van der Waals surface area contributed by atoms with E-state index in [1.165, 1.54) is 30.0 Å². The van der Waals surface area contributed by atoms with Crippen LogP contribution in [0.4, 0.5) is 4.39 Å². The highest BCUT2D eigenvalue weighted by Crippen LogP contribution is 2.37. The number of thioether (sulfide) groups is 1. The molecular formula is C18H22ClFO6S. The molecule has 2 aliphatic heterocycles.